The third-order valence-electron chi connectivity index (χ3n) is 3.33. The molecule has 0 atom stereocenters. The van der Waals surface area contributed by atoms with Gasteiger partial charge in [0.15, 0.2) is 0 Å². The number of unbranched alkanes of at least 4 members (excludes halogenated alkanes) is 3. The van der Waals surface area contributed by atoms with Crippen LogP contribution < -0.4 is 0 Å². The Labute approximate surface area is 124 Å². The summed E-state index contributed by atoms with van der Waals surface area (Å²) in [5, 5.41) is 0.814. The summed E-state index contributed by atoms with van der Waals surface area (Å²) in [5.74, 6) is 1.56. The molecule has 0 amide bonds. The second-order valence-corrected chi connectivity index (χ2v) is 6.17. The zero-order valence-corrected chi connectivity index (χ0v) is 13.3. The zero-order chi connectivity index (χ0) is 14.1. The maximum atomic E-state index is 5.89. The number of benzene rings is 1. The molecule has 0 bridgehead atoms. The summed E-state index contributed by atoms with van der Waals surface area (Å²) in [5.41, 5.74) is 1.34. The van der Waals surface area contributed by atoms with E-state index in [1.54, 1.807) is 5.92 Å². The number of hydrogen-bond acceptors (Lipinski definition) is 1. The molecule has 0 aromatic heterocycles. The van der Waals surface area contributed by atoms with Crippen LogP contribution in [0.15, 0.2) is 24.3 Å². The van der Waals surface area contributed by atoms with Crippen molar-refractivity contribution in [2.45, 2.75) is 52.5 Å². The summed E-state index contributed by atoms with van der Waals surface area (Å²) in [4.78, 5) is 2.39. The van der Waals surface area contributed by atoms with Crippen molar-refractivity contribution in [2.75, 3.05) is 13.6 Å². The maximum Gasteiger partial charge on any atom is 0.0406 e. The van der Waals surface area contributed by atoms with E-state index in [2.05, 4.69) is 37.9 Å². The van der Waals surface area contributed by atoms with Crippen molar-refractivity contribution < 1.29 is 0 Å². The monoisotopic (exact) mass is 280 g/mol. The quantitative estimate of drug-likeness (QED) is 0.552. The largest absolute Gasteiger partial charge is 0.302 e. The van der Waals surface area contributed by atoms with Crippen LogP contribution >= 0.6 is 11.6 Å². The van der Waals surface area contributed by atoms with Gasteiger partial charge in [0, 0.05) is 11.6 Å². The predicted octanol–water partition coefficient (Wildman–Crippen LogP) is 5.34. The third kappa shape index (κ3) is 8.28. The van der Waals surface area contributed by atoms with Crippen LogP contribution in [0.1, 0.15) is 51.5 Å². The molecule has 0 heterocycles. The standard InChI is InChI=1S/C17H27ClN/c1-15(2)8-6-4-5-7-13-19(3)14-16-9-11-17(18)12-10-16/h9-12H,4-8,13-14H2,1-3H3. The molecule has 1 radical (unpaired) electrons. The van der Waals surface area contributed by atoms with E-state index < -0.39 is 0 Å². The summed E-state index contributed by atoms with van der Waals surface area (Å²) < 4.78 is 0. The molecular formula is C17H27ClN. The molecule has 1 rings (SSSR count). The Morgan fingerprint density at radius 2 is 1.63 bits per heavy atom. The van der Waals surface area contributed by atoms with Crippen LogP contribution in [-0.4, -0.2) is 18.5 Å². The summed E-state index contributed by atoms with van der Waals surface area (Å²) in [6, 6.07) is 8.15. The molecule has 0 saturated heterocycles. The minimum absolute atomic E-state index is 0.814. The zero-order valence-electron chi connectivity index (χ0n) is 12.6. The van der Waals surface area contributed by atoms with E-state index in [1.165, 1.54) is 44.2 Å². The van der Waals surface area contributed by atoms with Gasteiger partial charge < -0.3 is 4.90 Å². The van der Waals surface area contributed by atoms with E-state index in [9.17, 15) is 0 Å². The Balaban J connectivity index is 2.08. The van der Waals surface area contributed by atoms with Crippen LogP contribution in [0.4, 0.5) is 0 Å². The third-order valence-corrected chi connectivity index (χ3v) is 3.58. The molecule has 0 N–H and O–H groups in total. The first-order valence-electron chi connectivity index (χ1n) is 7.30. The highest BCUT2D eigenvalue weighted by molar-refractivity contribution is 6.30. The van der Waals surface area contributed by atoms with Crippen LogP contribution in [0.25, 0.3) is 0 Å². The van der Waals surface area contributed by atoms with Crippen LogP contribution in [0.5, 0.6) is 0 Å². The normalized spacial score (nSPS) is 11.5. The van der Waals surface area contributed by atoms with Gasteiger partial charge in [0.05, 0.1) is 0 Å². The second kappa shape index (κ2) is 9.39. The molecule has 0 aliphatic rings. The summed E-state index contributed by atoms with van der Waals surface area (Å²) in [6.07, 6.45) is 6.65. The number of nitrogens with zero attached hydrogens (tertiary/aromatic N) is 1. The van der Waals surface area contributed by atoms with E-state index in [4.69, 9.17) is 11.6 Å². The lowest BCUT2D eigenvalue weighted by molar-refractivity contribution is 0.316. The van der Waals surface area contributed by atoms with Gasteiger partial charge in [-0.05, 0) is 50.0 Å². The fourth-order valence-corrected chi connectivity index (χ4v) is 2.32. The number of rotatable bonds is 9. The Kier molecular flexibility index (Phi) is 8.16. The molecule has 2 heteroatoms. The highest BCUT2D eigenvalue weighted by Gasteiger charge is 2.01. The van der Waals surface area contributed by atoms with Gasteiger partial charge in [0.25, 0.3) is 0 Å². The predicted molar refractivity (Wildman–Crippen MR) is 85.5 cm³/mol. The topological polar surface area (TPSA) is 3.24 Å². The molecule has 0 aliphatic heterocycles. The van der Waals surface area contributed by atoms with Gasteiger partial charge in [0.1, 0.15) is 0 Å². The molecule has 1 nitrogen and oxygen atoms in total. The van der Waals surface area contributed by atoms with Gasteiger partial charge in [-0.3, -0.25) is 0 Å². The average Bonchev–Trinajstić information content (AvgIpc) is 2.36. The van der Waals surface area contributed by atoms with Crippen molar-refractivity contribution in [3.05, 3.63) is 40.8 Å². The van der Waals surface area contributed by atoms with Crippen LogP contribution in [0.3, 0.4) is 0 Å². The maximum absolute atomic E-state index is 5.89. The van der Waals surface area contributed by atoms with Crippen molar-refractivity contribution in [3.63, 3.8) is 0 Å². The molecule has 1 aromatic carbocycles. The molecule has 0 aliphatic carbocycles. The van der Waals surface area contributed by atoms with Gasteiger partial charge in [0.2, 0.25) is 0 Å². The minimum Gasteiger partial charge on any atom is -0.302 e. The molecule has 107 valence electrons. The average molecular weight is 281 g/mol. The first-order valence-corrected chi connectivity index (χ1v) is 7.68. The van der Waals surface area contributed by atoms with Crippen LogP contribution in [0.2, 0.25) is 5.02 Å². The smallest absolute Gasteiger partial charge is 0.0406 e. The van der Waals surface area contributed by atoms with Crippen molar-refractivity contribution in [1.29, 1.82) is 0 Å². The lowest BCUT2D eigenvalue weighted by atomic mass is 10.0. The van der Waals surface area contributed by atoms with E-state index in [1.807, 2.05) is 12.1 Å². The highest BCUT2D eigenvalue weighted by Crippen LogP contribution is 2.13. The molecule has 0 fully saturated rings. The van der Waals surface area contributed by atoms with Gasteiger partial charge >= 0.3 is 0 Å². The summed E-state index contributed by atoms with van der Waals surface area (Å²) in [6.45, 7) is 6.64. The first-order chi connectivity index (χ1) is 9.08. The van der Waals surface area contributed by atoms with Crippen molar-refractivity contribution in [2.24, 2.45) is 0 Å². The Morgan fingerprint density at radius 3 is 2.26 bits per heavy atom. The Morgan fingerprint density at radius 1 is 1.00 bits per heavy atom. The second-order valence-electron chi connectivity index (χ2n) is 5.74. The fourth-order valence-electron chi connectivity index (χ4n) is 2.19. The Bertz CT molecular complexity index is 332. The molecule has 0 unspecified atom stereocenters. The molecule has 0 saturated carbocycles. The molecule has 19 heavy (non-hydrogen) atoms. The molecule has 1 aromatic rings. The van der Waals surface area contributed by atoms with Gasteiger partial charge in [-0.2, -0.15) is 0 Å². The van der Waals surface area contributed by atoms with Crippen molar-refractivity contribution >= 4 is 11.6 Å². The van der Waals surface area contributed by atoms with Gasteiger partial charge in [-0.1, -0.05) is 56.8 Å². The van der Waals surface area contributed by atoms with Crippen molar-refractivity contribution in [1.82, 2.24) is 4.90 Å². The Hall–Kier alpha value is -0.530. The number of hydrogen-bond donors (Lipinski definition) is 0. The highest BCUT2D eigenvalue weighted by atomic mass is 35.5. The van der Waals surface area contributed by atoms with Crippen LogP contribution in [-0.2, 0) is 6.54 Å². The number of halogens is 1. The molecular weight excluding hydrogens is 254 g/mol. The van der Waals surface area contributed by atoms with Crippen LogP contribution in [0, 0.1) is 5.92 Å². The lowest BCUT2D eigenvalue weighted by Gasteiger charge is -2.16. The van der Waals surface area contributed by atoms with Gasteiger partial charge in [-0.25, -0.2) is 0 Å². The van der Waals surface area contributed by atoms with E-state index in [0.717, 1.165) is 11.6 Å². The van der Waals surface area contributed by atoms with E-state index in [0.29, 0.717) is 0 Å². The van der Waals surface area contributed by atoms with E-state index >= 15 is 0 Å². The lowest BCUT2D eigenvalue weighted by Crippen LogP contribution is -2.18. The fraction of sp³-hybridized carbons (Fsp3) is 0.588. The minimum atomic E-state index is 0.814. The summed E-state index contributed by atoms with van der Waals surface area (Å²) in [7, 11) is 2.19. The van der Waals surface area contributed by atoms with Gasteiger partial charge in [-0.15, -0.1) is 0 Å². The first kappa shape index (κ1) is 16.5. The summed E-state index contributed by atoms with van der Waals surface area (Å²) >= 11 is 5.89. The van der Waals surface area contributed by atoms with E-state index in [-0.39, 0.29) is 0 Å². The van der Waals surface area contributed by atoms with Crippen molar-refractivity contribution in [3.8, 4) is 0 Å². The SMILES string of the molecule is C[C](C)CCCCCCN(C)Cc1ccc(Cl)cc1. The molecule has 0 spiro atoms.